The predicted octanol–water partition coefficient (Wildman–Crippen LogP) is 2.07. The Balaban J connectivity index is 2.31. The van der Waals surface area contributed by atoms with Crippen LogP contribution in [0.5, 0.6) is 10.8 Å². The van der Waals surface area contributed by atoms with Crippen molar-refractivity contribution in [1.82, 2.24) is 20.6 Å². The summed E-state index contributed by atoms with van der Waals surface area (Å²) in [6.45, 7) is 3.74. The number of methoxy groups -OCH3 is 1. The van der Waals surface area contributed by atoms with E-state index in [1.54, 1.807) is 0 Å². The Hall–Kier alpha value is -1.68. The van der Waals surface area contributed by atoms with Gasteiger partial charge in [-0.3, -0.25) is 10.1 Å². The number of rotatable bonds is 5. The van der Waals surface area contributed by atoms with E-state index in [4.69, 9.17) is 9.47 Å². The minimum Gasteiger partial charge on any atom is -0.488 e. The molecule has 2 heterocycles. The number of carbonyl (C=O) groups is 1. The highest BCUT2D eigenvalue weighted by Gasteiger charge is 2.25. The van der Waals surface area contributed by atoms with E-state index in [0.29, 0.717) is 20.2 Å². The van der Waals surface area contributed by atoms with E-state index in [1.807, 2.05) is 13.8 Å². The van der Waals surface area contributed by atoms with Gasteiger partial charge in [0.15, 0.2) is 10.8 Å². The molecule has 1 amide bonds. The minimum atomic E-state index is -0.393. The summed E-state index contributed by atoms with van der Waals surface area (Å²) in [6.07, 6.45) is -0.0812. The summed E-state index contributed by atoms with van der Waals surface area (Å²) in [6, 6.07) is 0. The highest BCUT2D eigenvalue weighted by molar-refractivity contribution is 9.10. The Labute approximate surface area is 127 Å². The third-order valence-corrected chi connectivity index (χ3v) is 4.21. The van der Waals surface area contributed by atoms with Crippen LogP contribution in [0.2, 0.25) is 0 Å². The van der Waals surface area contributed by atoms with Gasteiger partial charge < -0.3 is 9.47 Å². The van der Waals surface area contributed by atoms with Crippen molar-refractivity contribution in [1.29, 1.82) is 0 Å². The molecule has 0 fully saturated rings. The zero-order chi connectivity index (χ0) is 14.7. The molecule has 0 spiro atoms. The van der Waals surface area contributed by atoms with Crippen LogP contribution in [0.4, 0.5) is 5.95 Å². The van der Waals surface area contributed by atoms with Crippen molar-refractivity contribution in [3.05, 3.63) is 9.35 Å². The number of nitrogens with zero attached hydrogens (tertiary/aromatic N) is 3. The number of halogens is 1. The van der Waals surface area contributed by atoms with E-state index < -0.39 is 5.91 Å². The second-order valence-electron chi connectivity index (χ2n) is 3.92. The summed E-state index contributed by atoms with van der Waals surface area (Å²) in [5.41, 5.74) is 0. The fourth-order valence-corrected chi connectivity index (χ4v) is 3.04. The molecule has 0 aromatic carbocycles. The first-order chi connectivity index (χ1) is 9.52. The maximum absolute atomic E-state index is 12.2. The first kappa shape index (κ1) is 14.7. The number of ether oxygens (including phenoxy) is 2. The van der Waals surface area contributed by atoms with Crippen LogP contribution in [0, 0.1) is 0 Å². The zero-order valence-electron chi connectivity index (χ0n) is 10.9. The van der Waals surface area contributed by atoms with Gasteiger partial charge in [-0.15, -0.1) is 5.10 Å². The van der Waals surface area contributed by atoms with Crippen molar-refractivity contribution >= 4 is 39.1 Å². The van der Waals surface area contributed by atoms with Crippen LogP contribution in [0.1, 0.15) is 23.5 Å². The molecule has 2 N–H and O–H groups in total. The molecule has 2 rings (SSSR count). The number of thiophene rings is 1. The number of aromatic nitrogens is 4. The molecular formula is C10H12BrN5O3S. The minimum absolute atomic E-state index is 0.0812. The normalized spacial score (nSPS) is 10.7. The lowest BCUT2D eigenvalue weighted by Crippen LogP contribution is -2.14. The van der Waals surface area contributed by atoms with Crippen LogP contribution in [0.25, 0.3) is 0 Å². The summed E-state index contributed by atoms with van der Waals surface area (Å²) in [5.74, 6) is 0.132. The van der Waals surface area contributed by atoms with E-state index in [-0.39, 0.29) is 12.1 Å². The Kier molecular flexibility index (Phi) is 4.55. The Morgan fingerprint density at radius 3 is 2.80 bits per heavy atom. The SMILES string of the molecule is COc1sc(C(=O)Nc2nn[nH]n2)c(OC(C)C)c1Br. The number of amides is 1. The van der Waals surface area contributed by atoms with Crippen LogP contribution in [0.15, 0.2) is 4.47 Å². The number of aromatic amines is 1. The summed E-state index contributed by atoms with van der Waals surface area (Å²) in [5, 5.41) is 16.0. The van der Waals surface area contributed by atoms with Gasteiger partial charge in [-0.2, -0.15) is 5.21 Å². The number of nitrogens with one attached hydrogen (secondary N) is 2. The standard InChI is InChI=1S/C10H12BrN5O3S/c1-4(2)19-6-5(11)9(18-3)20-7(6)8(17)12-10-13-15-16-14-10/h4H,1-3H3,(H2,12,13,14,15,16,17). The average molecular weight is 362 g/mol. The van der Waals surface area contributed by atoms with E-state index in [0.717, 1.165) is 0 Å². The van der Waals surface area contributed by atoms with E-state index in [9.17, 15) is 4.79 Å². The Bertz CT molecular complexity index is 598. The van der Waals surface area contributed by atoms with E-state index in [1.165, 1.54) is 18.4 Å². The molecule has 10 heteroatoms. The third kappa shape index (κ3) is 3.07. The van der Waals surface area contributed by atoms with Crippen molar-refractivity contribution in [2.75, 3.05) is 12.4 Å². The molecule has 0 radical (unpaired) electrons. The number of hydrogen-bond acceptors (Lipinski definition) is 7. The first-order valence-electron chi connectivity index (χ1n) is 5.60. The van der Waals surface area contributed by atoms with Gasteiger partial charge in [0.25, 0.3) is 11.9 Å². The second kappa shape index (κ2) is 6.18. The molecule has 0 saturated carbocycles. The van der Waals surface area contributed by atoms with Crippen molar-refractivity contribution in [2.45, 2.75) is 20.0 Å². The second-order valence-corrected chi connectivity index (χ2v) is 5.70. The molecule has 0 atom stereocenters. The van der Waals surface area contributed by atoms with Crippen LogP contribution >= 0.6 is 27.3 Å². The molecule has 0 saturated heterocycles. The van der Waals surface area contributed by atoms with Gasteiger partial charge in [0.2, 0.25) is 0 Å². The Morgan fingerprint density at radius 1 is 1.50 bits per heavy atom. The van der Waals surface area contributed by atoms with Gasteiger partial charge in [0, 0.05) is 0 Å². The number of hydrogen-bond donors (Lipinski definition) is 2. The van der Waals surface area contributed by atoms with Gasteiger partial charge in [0.1, 0.15) is 9.35 Å². The largest absolute Gasteiger partial charge is 0.488 e. The van der Waals surface area contributed by atoms with Gasteiger partial charge >= 0.3 is 0 Å². The molecular weight excluding hydrogens is 350 g/mol. The quantitative estimate of drug-likeness (QED) is 0.844. The maximum Gasteiger partial charge on any atom is 0.272 e. The lowest BCUT2D eigenvalue weighted by Gasteiger charge is -2.10. The van der Waals surface area contributed by atoms with Crippen molar-refractivity contribution in [3.63, 3.8) is 0 Å². The van der Waals surface area contributed by atoms with Crippen LogP contribution in [0.3, 0.4) is 0 Å². The fourth-order valence-electron chi connectivity index (χ4n) is 1.37. The molecule has 2 aromatic rings. The maximum atomic E-state index is 12.2. The molecule has 0 bridgehead atoms. The molecule has 108 valence electrons. The van der Waals surface area contributed by atoms with Crippen molar-refractivity contribution in [2.24, 2.45) is 0 Å². The molecule has 8 nitrogen and oxygen atoms in total. The third-order valence-electron chi connectivity index (χ3n) is 2.10. The summed E-state index contributed by atoms with van der Waals surface area (Å²) in [7, 11) is 1.52. The number of H-pyrrole nitrogens is 1. The van der Waals surface area contributed by atoms with Gasteiger partial charge in [0.05, 0.1) is 13.2 Å². The van der Waals surface area contributed by atoms with Crippen molar-refractivity contribution < 1.29 is 14.3 Å². The monoisotopic (exact) mass is 361 g/mol. The smallest absolute Gasteiger partial charge is 0.272 e. The zero-order valence-corrected chi connectivity index (χ0v) is 13.3. The number of tetrazole rings is 1. The highest BCUT2D eigenvalue weighted by atomic mass is 79.9. The molecule has 0 aliphatic rings. The van der Waals surface area contributed by atoms with E-state index >= 15 is 0 Å². The molecule has 0 aliphatic carbocycles. The van der Waals surface area contributed by atoms with Crippen molar-refractivity contribution in [3.8, 4) is 10.8 Å². The molecule has 0 aliphatic heterocycles. The molecule has 20 heavy (non-hydrogen) atoms. The van der Waals surface area contributed by atoms with Gasteiger partial charge in [-0.1, -0.05) is 16.4 Å². The van der Waals surface area contributed by atoms with Crippen LogP contribution in [-0.2, 0) is 0 Å². The van der Waals surface area contributed by atoms with E-state index in [2.05, 4.69) is 41.9 Å². The highest BCUT2D eigenvalue weighted by Crippen LogP contribution is 2.45. The van der Waals surface area contributed by atoms with Crippen LogP contribution in [-0.4, -0.2) is 39.7 Å². The molecule has 0 unspecified atom stereocenters. The average Bonchev–Trinajstić information content (AvgIpc) is 2.99. The summed E-state index contributed by atoms with van der Waals surface area (Å²) >= 11 is 4.53. The molecule has 2 aromatic heterocycles. The lowest BCUT2D eigenvalue weighted by molar-refractivity contribution is 0.102. The Morgan fingerprint density at radius 2 is 2.25 bits per heavy atom. The first-order valence-corrected chi connectivity index (χ1v) is 7.21. The number of carbonyl (C=O) groups excluding carboxylic acids is 1. The number of anilines is 1. The van der Waals surface area contributed by atoms with Gasteiger partial charge in [-0.05, 0) is 35.0 Å². The topological polar surface area (TPSA) is 102 Å². The summed E-state index contributed by atoms with van der Waals surface area (Å²) in [4.78, 5) is 12.6. The lowest BCUT2D eigenvalue weighted by atomic mass is 10.4. The van der Waals surface area contributed by atoms with Gasteiger partial charge in [-0.25, -0.2) is 0 Å². The summed E-state index contributed by atoms with van der Waals surface area (Å²) < 4.78 is 11.5. The predicted molar refractivity (Wildman–Crippen MR) is 76.5 cm³/mol. The van der Waals surface area contributed by atoms with Crippen LogP contribution < -0.4 is 14.8 Å². The fraction of sp³-hybridized carbons (Fsp3) is 0.400.